The minimum Gasteiger partial charge on any atom is -0.322 e. The van der Waals surface area contributed by atoms with Crippen molar-refractivity contribution in [1.82, 2.24) is 9.55 Å². The van der Waals surface area contributed by atoms with Gasteiger partial charge in [0.15, 0.2) is 0 Å². The number of fused-ring (bicyclic) bond motifs is 1. The molecule has 0 radical (unpaired) electrons. The van der Waals surface area contributed by atoms with E-state index in [1.54, 1.807) is 12.1 Å². The van der Waals surface area contributed by atoms with Crippen LogP contribution in [-0.4, -0.2) is 9.55 Å². The van der Waals surface area contributed by atoms with Gasteiger partial charge in [0.2, 0.25) is 0 Å². The largest absolute Gasteiger partial charge is 0.322 e. The molecular weight excluding hydrogens is 275 g/mol. The number of halogens is 2. The van der Waals surface area contributed by atoms with E-state index in [-0.39, 0.29) is 5.82 Å². The molecule has 0 atom stereocenters. The number of hydrogen-bond acceptors (Lipinski definition) is 1. The van der Waals surface area contributed by atoms with Gasteiger partial charge in [-0.1, -0.05) is 24.3 Å². The summed E-state index contributed by atoms with van der Waals surface area (Å²) in [5, 5.41) is 0. The fourth-order valence-electron chi connectivity index (χ4n) is 2.39. The van der Waals surface area contributed by atoms with Gasteiger partial charge in [-0.05, 0) is 36.2 Å². The van der Waals surface area contributed by atoms with E-state index in [2.05, 4.69) is 9.55 Å². The van der Waals surface area contributed by atoms with E-state index in [9.17, 15) is 4.39 Å². The number of para-hydroxylation sites is 1. The van der Waals surface area contributed by atoms with Crippen LogP contribution in [0.25, 0.3) is 11.0 Å². The Kier molecular flexibility index (Phi) is 3.45. The summed E-state index contributed by atoms with van der Waals surface area (Å²) in [6.45, 7) is 2.68. The van der Waals surface area contributed by atoms with Crippen LogP contribution >= 0.6 is 11.6 Å². The minimum absolute atomic E-state index is 0.224. The lowest BCUT2D eigenvalue weighted by molar-refractivity contribution is 0.626. The molecule has 2 nitrogen and oxygen atoms in total. The van der Waals surface area contributed by atoms with E-state index in [0.717, 1.165) is 28.0 Å². The van der Waals surface area contributed by atoms with E-state index in [1.165, 1.54) is 12.1 Å². The lowest BCUT2D eigenvalue weighted by Gasteiger charge is -2.08. The number of alkyl halides is 1. The molecule has 0 saturated heterocycles. The van der Waals surface area contributed by atoms with E-state index < -0.39 is 0 Å². The fourth-order valence-corrected chi connectivity index (χ4v) is 2.59. The molecule has 0 spiro atoms. The summed E-state index contributed by atoms with van der Waals surface area (Å²) in [7, 11) is 0. The highest BCUT2D eigenvalue weighted by atomic mass is 35.5. The molecule has 2 aromatic carbocycles. The number of aromatic nitrogens is 2. The summed E-state index contributed by atoms with van der Waals surface area (Å²) >= 11 is 6.00. The maximum absolute atomic E-state index is 13.0. The fraction of sp³-hybridized carbons (Fsp3) is 0.188. The molecule has 102 valence electrons. The molecule has 0 aliphatic carbocycles. The van der Waals surface area contributed by atoms with E-state index >= 15 is 0 Å². The molecule has 0 fully saturated rings. The predicted octanol–water partition coefficient (Wildman–Crippen LogP) is 4.27. The lowest BCUT2D eigenvalue weighted by Crippen LogP contribution is -2.03. The first-order chi connectivity index (χ1) is 9.69. The van der Waals surface area contributed by atoms with E-state index in [4.69, 9.17) is 11.6 Å². The number of hydrogen-bond donors (Lipinski definition) is 0. The zero-order chi connectivity index (χ0) is 14.1. The highest BCUT2D eigenvalue weighted by Crippen LogP contribution is 2.22. The van der Waals surface area contributed by atoms with Gasteiger partial charge < -0.3 is 4.57 Å². The van der Waals surface area contributed by atoms with Gasteiger partial charge in [0.05, 0.1) is 16.9 Å². The Morgan fingerprint density at radius 3 is 2.60 bits per heavy atom. The highest BCUT2D eigenvalue weighted by Gasteiger charge is 2.11. The van der Waals surface area contributed by atoms with Crippen LogP contribution in [0.1, 0.15) is 17.0 Å². The van der Waals surface area contributed by atoms with Gasteiger partial charge in [-0.2, -0.15) is 0 Å². The quantitative estimate of drug-likeness (QED) is 0.658. The standard InChI is InChI=1S/C16H14ClFN2/c1-11-3-2-4-14-16(11)19-15(9-17)20(14)10-12-5-7-13(18)8-6-12/h2-8H,9-10H2,1H3. The molecule has 1 heterocycles. The third-order valence-electron chi connectivity index (χ3n) is 3.43. The van der Waals surface area contributed by atoms with Crippen molar-refractivity contribution in [2.24, 2.45) is 0 Å². The smallest absolute Gasteiger partial charge is 0.125 e. The Labute approximate surface area is 121 Å². The molecule has 20 heavy (non-hydrogen) atoms. The third-order valence-corrected chi connectivity index (χ3v) is 3.67. The first-order valence-electron chi connectivity index (χ1n) is 6.44. The van der Waals surface area contributed by atoms with Crippen LogP contribution in [0.3, 0.4) is 0 Å². The van der Waals surface area contributed by atoms with Gasteiger partial charge in [0.1, 0.15) is 11.6 Å². The highest BCUT2D eigenvalue weighted by molar-refractivity contribution is 6.16. The molecule has 0 N–H and O–H groups in total. The number of aryl methyl sites for hydroxylation is 1. The topological polar surface area (TPSA) is 17.8 Å². The summed E-state index contributed by atoms with van der Waals surface area (Å²) in [5.41, 5.74) is 4.19. The minimum atomic E-state index is -0.224. The Morgan fingerprint density at radius 2 is 1.90 bits per heavy atom. The van der Waals surface area contributed by atoms with Crippen molar-refractivity contribution in [2.45, 2.75) is 19.3 Å². The van der Waals surface area contributed by atoms with Crippen LogP contribution < -0.4 is 0 Å². The Hall–Kier alpha value is -1.87. The molecule has 0 aliphatic rings. The van der Waals surface area contributed by atoms with Gasteiger partial charge in [0.25, 0.3) is 0 Å². The van der Waals surface area contributed by atoms with Crippen LogP contribution in [-0.2, 0) is 12.4 Å². The van der Waals surface area contributed by atoms with Gasteiger partial charge in [-0.25, -0.2) is 9.37 Å². The van der Waals surface area contributed by atoms with Crippen molar-refractivity contribution in [2.75, 3.05) is 0 Å². The number of rotatable bonds is 3. The van der Waals surface area contributed by atoms with Crippen LogP contribution in [0, 0.1) is 12.7 Å². The molecular formula is C16H14ClFN2. The number of imidazole rings is 1. The van der Waals surface area contributed by atoms with Gasteiger partial charge in [0, 0.05) is 6.54 Å². The molecule has 0 aliphatic heterocycles. The normalized spacial score (nSPS) is 11.2. The van der Waals surface area contributed by atoms with E-state index in [1.807, 2.05) is 25.1 Å². The van der Waals surface area contributed by atoms with Crippen molar-refractivity contribution in [3.05, 3.63) is 65.2 Å². The zero-order valence-corrected chi connectivity index (χ0v) is 11.9. The van der Waals surface area contributed by atoms with Crippen molar-refractivity contribution >= 4 is 22.6 Å². The Morgan fingerprint density at radius 1 is 1.15 bits per heavy atom. The number of nitrogens with zero attached hydrogens (tertiary/aromatic N) is 2. The zero-order valence-electron chi connectivity index (χ0n) is 11.1. The predicted molar refractivity (Wildman–Crippen MR) is 79.5 cm³/mol. The summed E-state index contributed by atoms with van der Waals surface area (Å²) in [6.07, 6.45) is 0. The van der Waals surface area contributed by atoms with Crippen LogP contribution in [0.5, 0.6) is 0 Å². The van der Waals surface area contributed by atoms with Crippen molar-refractivity contribution in [3.63, 3.8) is 0 Å². The summed E-state index contributed by atoms with van der Waals surface area (Å²) in [6, 6.07) is 12.6. The molecule has 3 aromatic rings. The maximum atomic E-state index is 13.0. The van der Waals surface area contributed by atoms with Crippen LogP contribution in [0.2, 0.25) is 0 Å². The molecule has 0 bridgehead atoms. The molecule has 0 saturated carbocycles. The second kappa shape index (κ2) is 5.25. The lowest BCUT2D eigenvalue weighted by atomic mass is 10.2. The average molecular weight is 289 g/mol. The van der Waals surface area contributed by atoms with Crippen LogP contribution in [0.15, 0.2) is 42.5 Å². The summed E-state index contributed by atoms with van der Waals surface area (Å²) in [5.74, 6) is 0.966. The molecule has 0 unspecified atom stereocenters. The monoisotopic (exact) mass is 288 g/mol. The Balaban J connectivity index is 2.10. The summed E-state index contributed by atoms with van der Waals surface area (Å²) < 4.78 is 15.1. The van der Waals surface area contributed by atoms with Gasteiger partial charge >= 0.3 is 0 Å². The van der Waals surface area contributed by atoms with Gasteiger partial charge in [-0.15, -0.1) is 11.6 Å². The van der Waals surface area contributed by atoms with Crippen LogP contribution in [0.4, 0.5) is 4.39 Å². The molecule has 3 rings (SSSR count). The van der Waals surface area contributed by atoms with Crippen molar-refractivity contribution in [1.29, 1.82) is 0 Å². The van der Waals surface area contributed by atoms with Crippen molar-refractivity contribution < 1.29 is 4.39 Å². The molecule has 1 aromatic heterocycles. The third kappa shape index (κ3) is 2.29. The Bertz CT molecular complexity index is 747. The second-order valence-corrected chi connectivity index (χ2v) is 5.08. The second-order valence-electron chi connectivity index (χ2n) is 4.82. The first kappa shape index (κ1) is 13.1. The average Bonchev–Trinajstić information content (AvgIpc) is 2.81. The van der Waals surface area contributed by atoms with E-state index in [0.29, 0.717) is 12.4 Å². The van der Waals surface area contributed by atoms with Gasteiger partial charge in [-0.3, -0.25) is 0 Å². The van der Waals surface area contributed by atoms with Crippen molar-refractivity contribution in [3.8, 4) is 0 Å². The molecule has 0 amide bonds. The maximum Gasteiger partial charge on any atom is 0.125 e. The first-order valence-corrected chi connectivity index (χ1v) is 6.97. The SMILES string of the molecule is Cc1cccc2c1nc(CCl)n2Cc1ccc(F)cc1. The number of benzene rings is 2. The molecule has 4 heteroatoms. The summed E-state index contributed by atoms with van der Waals surface area (Å²) in [4.78, 5) is 4.60.